The molecule has 5 aliphatic rings. The summed E-state index contributed by atoms with van der Waals surface area (Å²) in [6, 6.07) is 11.1. The second kappa shape index (κ2) is 20.2. The fourth-order valence-corrected chi connectivity index (χ4v) is 10.3. The highest BCUT2D eigenvalue weighted by atomic mass is 32.2. The quantitative estimate of drug-likeness (QED) is 0.0644. The topological polar surface area (TPSA) is 173 Å². The summed E-state index contributed by atoms with van der Waals surface area (Å²) in [6.07, 6.45) is 12.1. The Morgan fingerprint density at radius 2 is 1.84 bits per heavy atom. The lowest BCUT2D eigenvalue weighted by atomic mass is 9.70. The van der Waals surface area contributed by atoms with E-state index < -0.39 is 71.0 Å². The fraction of sp³-hybridized carbons (Fsp3) is 0.531. The van der Waals surface area contributed by atoms with Crippen molar-refractivity contribution in [3.8, 4) is 0 Å². The van der Waals surface area contributed by atoms with Gasteiger partial charge in [-0.2, -0.15) is 0 Å². The van der Waals surface area contributed by atoms with E-state index in [2.05, 4.69) is 23.8 Å². The first-order chi connectivity index (χ1) is 30.2. The molecule has 14 heteroatoms. The molecule has 1 aliphatic carbocycles. The van der Waals surface area contributed by atoms with E-state index in [4.69, 9.17) is 28.4 Å². The van der Waals surface area contributed by atoms with Gasteiger partial charge in [-0.15, -0.1) is 0 Å². The summed E-state index contributed by atoms with van der Waals surface area (Å²) in [5.41, 5.74) is 0.838. The van der Waals surface area contributed by atoms with Crippen LogP contribution in [0.5, 0.6) is 0 Å². The van der Waals surface area contributed by atoms with Crippen LogP contribution in [0, 0.1) is 17.8 Å². The van der Waals surface area contributed by atoms with Gasteiger partial charge >= 0.3 is 17.9 Å². The van der Waals surface area contributed by atoms with Crippen molar-refractivity contribution in [1.29, 1.82) is 0 Å². The van der Waals surface area contributed by atoms with Crippen LogP contribution in [0.2, 0.25) is 0 Å². The number of ether oxygens (including phenoxy) is 6. The molecule has 4 aliphatic heterocycles. The molecule has 0 saturated carbocycles. The van der Waals surface area contributed by atoms with Gasteiger partial charge in [0.2, 0.25) is 0 Å². The van der Waals surface area contributed by atoms with Crippen molar-refractivity contribution in [3.63, 3.8) is 0 Å². The first-order valence-corrected chi connectivity index (χ1v) is 22.9. The highest BCUT2D eigenvalue weighted by Gasteiger charge is 2.60. The molecule has 3 unspecified atom stereocenters. The number of benzene rings is 1. The average molecular weight is 885 g/mol. The Morgan fingerprint density at radius 3 is 2.57 bits per heavy atom. The summed E-state index contributed by atoms with van der Waals surface area (Å²) in [5.74, 6) is -4.16. The lowest BCUT2D eigenvalue weighted by molar-refractivity contribution is -0.335. The second-order valence-corrected chi connectivity index (χ2v) is 18.8. The van der Waals surface area contributed by atoms with Crippen molar-refractivity contribution in [2.45, 2.75) is 138 Å². The highest BCUT2D eigenvalue weighted by molar-refractivity contribution is 8.00. The molecule has 7 rings (SSSR count). The Hall–Kier alpha value is -4.44. The zero-order chi connectivity index (χ0) is 44.9. The van der Waals surface area contributed by atoms with Gasteiger partial charge in [-0.3, -0.25) is 9.59 Å². The summed E-state index contributed by atoms with van der Waals surface area (Å²) in [7, 11) is 0. The van der Waals surface area contributed by atoms with E-state index in [0.29, 0.717) is 35.9 Å². The number of aliphatic hydroxyl groups is 2. The largest absolute Gasteiger partial charge is 0.462 e. The average Bonchev–Trinajstić information content (AvgIpc) is 3.60. The predicted octanol–water partition coefficient (Wildman–Crippen LogP) is 7.26. The molecule has 0 radical (unpaired) electrons. The third-order valence-electron chi connectivity index (χ3n) is 12.7. The molecule has 13 nitrogen and oxygen atoms in total. The third kappa shape index (κ3) is 10.6. The number of nitrogens with zero attached hydrogens (tertiary/aromatic N) is 2. The maximum absolute atomic E-state index is 14.6. The third-order valence-corrected chi connectivity index (χ3v) is 13.8. The van der Waals surface area contributed by atoms with Gasteiger partial charge in [0.05, 0.1) is 18.8 Å². The molecule has 2 bridgehead atoms. The van der Waals surface area contributed by atoms with Gasteiger partial charge in [0, 0.05) is 43.7 Å². The molecule has 0 amide bonds. The number of carbonyl (C=O) groups is 3. The van der Waals surface area contributed by atoms with Crippen molar-refractivity contribution in [2.75, 3.05) is 13.2 Å². The number of fused-ring (bicyclic) bond motifs is 2. The van der Waals surface area contributed by atoms with E-state index in [1.54, 1.807) is 44.5 Å². The Bertz CT molecular complexity index is 2120. The standard InChI is InChI=1S/C49H60N2O11S/c1-7-39-30(4)19-20-48(62-39)26-37-25-36(61-48)18-17-32(6)42(60-46(55)43(33-14-9-8-10-15-33)63-47-50-21-12-22-51-47)31(5)13-11-16-35-28-58-44-41(53)34(27-57-40(52)23-29(2)3)24-38(45(54)59-37)49(35,44)56/h8-17,21-24,30-31,36-39,41-44,53,56H,7,18-20,25-28H2,1-6H3/b13-11+,32-17+,35-16+/t30-,31-,36+,37?,38-,39+,41+,42?,43?,44+,48+,49+/m0/s1. The van der Waals surface area contributed by atoms with Crippen LogP contribution < -0.4 is 0 Å². The van der Waals surface area contributed by atoms with E-state index >= 15 is 0 Å². The monoisotopic (exact) mass is 884 g/mol. The van der Waals surface area contributed by atoms with Gasteiger partial charge in [0.25, 0.3) is 0 Å². The van der Waals surface area contributed by atoms with Crippen LogP contribution in [0.4, 0.5) is 0 Å². The molecule has 2 aromatic rings. The SMILES string of the molecule is CC[C@H]1O[C@]2(CC[C@@H]1C)CC1C[C@@H](C/C=C(\C)C(OC(=O)C(Sc3ncccn3)c3ccccc3)[C@@H](C)/C=C/C=C3\CO[C@@H]4[C@H](O)C(COC(=O)C=C(C)C)=C[C@@H](C(=O)O1)[C@]34O)O2. The molecule has 338 valence electrons. The molecule has 1 aromatic carbocycles. The Morgan fingerprint density at radius 1 is 1.08 bits per heavy atom. The molecule has 3 fully saturated rings. The number of rotatable bonds is 9. The van der Waals surface area contributed by atoms with Crippen LogP contribution in [0.3, 0.4) is 0 Å². The van der Waals surface area contributed by atoms with Crippen LogP contribution in [0.25, 0.3) is 0 Å². The van der Waals surface area contributed by atoms with E-state index in [1.165, 1.54) is 23.9 Å². The first-order valence-electron chi connectivity index (χ1n) is 22.0. The van der Waals surface area contributed by atoms with E-state index in [-0.39, 0.29) is 37.2 Å². The second-order valence-electron chi connectivity index (χ2n) is 17.7. The number of hydrogen-bond donors (Lipinski definition) is 2. The summed E-state index contributed by atoms with van der Waals surface area (Å²) in [6.45, 7) is 11.3. The van der Waals surface area contributed by atoms with Gasteiger partial charge < -0.3 is 38.6 Å². The number of aliphatic hydroxyl groups excluding tert-OH is 1. The van der Waals surface area contributed by atoms with Crippen molar-refractivity contribution in [3.05, 3.63) is 113 Å². The molecule has 2 N–H and O–H groups in total. The minimum absolute atomic E-state index is 0.0543. The van der Waals surface area contributed by atoms with Crippen molar-refractivity contribution in [2.24, 2.45) is 17.8 Å². The molecular weight excluding hydrogens is 825 g/mol. The number of carbonyl (C=O) groups excluding carboxylic acids is 3. The van der Waals surface area contributed by atoms with Crippen LogP contribution in [-0.2, 0) is 42.8 Å². The number of aromatic nitrogens is 2. The van der Waals surface area contributed by atoms with E-state index in [0.717, 1.165) is 29.6 Å². The summed E-state index contributed by atoms with van der Waals surface area (Å²) in [4.78, 5) is 50.2. The highest BCUT2D eigenvalue weighted by Crippen LogP contribution is 2.48. The van der Waals surface area contributed by atoms with Crippen LogP contribution >= 0.6 is 11.8 Å². The van der Waals surface area contributed by atoms with Gasteiger partial charge in [-0.1, -0.05) is 98.8 Å². The minimum atomic E-state index is -2.01. The van der Waals surface area contributed by atoms with Gasteiger partial charge in [0.1, 0.15) is 47.8 Å². The molecule has 63 heavy (non-hydrogen) atoms. The van der Waals surface area contributed by atoms with Crippen LogP contribution in [-0.4, -0.2) is 99.3 Å². The van der Waals surface area contributed by atoms with Crippen molar-refractivity contribution in [1.82, 2.24) is 9.97 Å². The Kier molecular flexibility index (Phi) is 14.9. The normalized spacial score (nSPS) is 35.9. The smallest absolute Gasteiger partial charge is 0.331 e. The summed E-state index contributed by atoms with van der Waals surface area (Å²) >= 11 is 1.21. The lowest BCUT2D eigenvalue weighted by Gasteiger charge is -2.50. The van der Waals surface area contributed by atoms with Gasteiger partial charge in [0.15, 0.2) is 10.9 Å². The number of esters is 3. The number of thioether (sulfide) groups is 1. The number of hydrogen-bond acceptors (Lipinski definition) is 14. The molecule has 3 saturated heterocycles. The maximum Gasteiger partial charge on any atom is 0.331 e. The molecule has 12 atom stereocenters. The minimum Gasteiger partial charge on any atom is -0.462 e. The molecule has 1 spiro atoms. The Balaban J connectivity index is 1.26. The Labute approximate surface area is 374 Å². The zero-order valence-corrected chi connectivity index (χ0v) is 37.7. The molecule has 5 heterocycles. The first kappa shape index (κ1) is 46.5. The maximum atomic E-state index is 14.6. The summed E-state index contributed by atoms with van der Waals surface area (Å²) < 4.78 is 38.1. The zero-order valence-electron chi connectivity index (χ0n) is 36.9. The van der Waals surface area contributed by atoms with Crippen LogP contribution in [0.15, 0.2) is 113 Å². The molecular formula is C49H60N2O11S. The van der Waals surface area contributed by atoms with Crippen molar-refractivity contribution < 1.29 is 53.0 Å². The predicted molar refractivity (Wildman–Crippen MR) is 235 cm³/mol. The van der Waals surface area contributed by atoms with Gasteiger partial charge in [-0.05, 0) is 74.3 Å². The lowest BCUT2D eigenvalue weighted by Crippen LogP contribution is -2.58. The van der Waals surface area contributed by atoms with E-state index in [1.807, 2.05) is 56.3 Å². The van der Waals surface area contributed by atoms with Gasteiger partial charge in [-0.25, -0.2) is 14.8 Å². The molecule has 1 aromatic heterocycles. The number of allylic oxidation sites excluding steroid dienone is 3. The van der Waals surface area contributed by atoms with Crippen LogP contribution in [0.1, 0.15) is 90.9 Å². The fourth-order valence-electron chi connectivity index (χ4n) is 9.36. The summed E-state index contributed by atoms with van der Waals surface area (Å²) in [5, 5.41) is 24.0. The van der Waals surface area contributed by atoms with E-state index in [9.17, 15) is 24.6 Å². The van der Waals surface area contributed by atoms with Crippen molar-refractivity contribution >= 4 is 29.7 Å².